The number of rotatable bonds is 6. The van der Waals surface area contributed by atoms with E-state index in [0.29, 0.717) is 5.75 Å². The van der Waals surface area contributed by atoms with Crippen LogP contribution in [-0.2, 0) is 5.41 Å². The molecule has 176 valence electrons. The maximum atomic E-state index is 12.1. The number of hydrogen-bond acceptors (Lipinski definition) is 3. The van der Waals surface area contributed by atoms with Gasteiger partial charge in [0.1, 0.15) is 17.0 Å². The van der Waals surface area contributed by atoms with Crippen molar-refractivity contribution in [1.29, 1.82) is 0 Å². The number of aliphatic hydroxyl groups is 1. The van der Waals surface area contributed by atoms with Crippen molar-refractivity contribution >= 4 is 16.9 Å². The molecule has 0 amide bonds. The van der Waals surface area contributed by atoms with Crippen LogP contribution in [0.1, 0.15) is 50.7 Å². The molecule has 34 heavy (non-hydrogen) atoms. The molecule has 0 aliphatic rings. The molecule has 1 aromatic heterocycles. The van der Waals surface area contributed by atoms with Crippen LogP contribution in [0.2, 0.25) is 0 Å². The molecule has 0 saturated carbocycles. The summed E-state index contributed by atoms with van der Waals surface area (Å²) in [5.74, 6) is -0.383. The highest BCUT2D eigenvalue weighted by molar-refractivity contribution is 5.97. The van der Waals surface area contributed by atoms with Crippen LogP contribution >= 0.6 is 0 Å². The number of ether oxygens (including phenoxy) is 1. The van der Waals surface area contributed by atoms with Gasteiger partial charge < -0.3 is 19.5 Å². The number of benzene rings is 3. The third-order valence-corrected chi connectivity index (χ3v) is 5.97. The largest absolute Gasteiger partial charge is 0.485 e. The minimum Gasteiger partial charge on any atom is -0.485 e. The Labute approximate surface area is 200 Å². The van der Waals surface area contributed by atoms with E-state index in [1.54, 1.807) is 36.6 Å². The Morgan fingerprint density at radius 2 is 1.47 bits per heavy atom. The average Bonchev–Trinajstić information content (AvgIpc) is 3.18. The van der Waals surface area contributed by atoms with Crippen LogP contribution in [0.25, 0.3) is 27.7 Å². The first-order chi connectivity index (χ1) is 16.0. The molecule has 0 fully saturated rings. The molecule has 0 unspecified atom stereocenters. The lowest BCUT2D eigenvalue weighted by Crippen LogP contribution is -2.32. The van der Waals surface area contributed by atoms with E-state index in [0.717, 1.165) is 27.7 Å². The van der Waals surface area contributed by atoms with Gasteiger partial charge >= 0.3 is 5.97 Å². The van der Waals surface area contributed by atoms with Crippen molar-refractivity contribution in [2.24, 2.45) is 0 Å². The highest BCUT2D eigenvalue weighted by Gasteiger charge is 2.20. The zero-order chi connectivity index (χ0) is 24.7. The van der Waals surface area contributed by atoms with E-state index in [1.807, 2.05) is 30.3 Å². The molecule has 4 rings (SSSR count). The lowest BCUT2D eigenvalue weighted by atomic mass is 9.86. The summed E-state index contributed by atoms with van der Waals surface area (Å²) < 4.78 is 7.55. The number of carboxylic acids is 1. The molecular weight excluding hydrogens is 426 g/mol. The Morgan fingerprint density at radius 3 is 2.03 bits per heavy atom. The van der Waals surface area contributed by atoms with Gasteiger partial charge in [-0.05, 0) is 78.4 Å². The lowest BCUT2D eigenvalue weighted by molar-refractivity contribution is 0.0412. The van der Waals surface area contributed by atoms with Gasteiger partial charge in [-0.3, -0.25) is 0 Å². The zero-order valence-corrected chi connectivity index (χ0v) is 20.3. The Hall–Kier alpha value is -3.57. The third kappa shape index (κ3) is 4.70. The summed E-state index contributed by atoms with van der Waals surface area (Å²) in [6.45, 7) is 10.1. The van der Waals surface area contributed by atoms with E-state index in [2.05, 4.69) is 45.0 Å². The minimum atomic E-state index is -0.992. The van der Waals surface area contributed by atoms with Gasteiger partial charge in [0.15, 0.2) is 0 Å². The van der Waals surface area contributed by atoms with Crippen LogP contribution in [0.3, 0.4) is 0 Å². The lowest BCUT2D eigenvalue weighted by Gasteiger charge is -2.24. The summed E-state index contributed by atoms with van der Waals surface area (Å²) in [6, 6.07) is 23.5. The first-order valence-corrected chi connectivity index (χ1v) is 11.4. The quantitative estimate of drug-likeness (QED) is 0.349. The van der Waals surface area contributed by atoms with Crippen LogP contribution in [0.5, 0.6) is 5.75 Å². The summed E-state index contributed by atoms with van der Waals surface area (Å²) in [5, 5.41) is 20.2. The Bertz CT molecular complexity index is 1320. The van der Waals surface area contributed by atoms with Crippen molar-refractivity contribution in [1.82, 2.24) is 4.57 Å². The fourth-order valence-corrected chi connectivity index (χ4v) is 4.01. The van der Waals surface area contributed by atoms with Crippen molar-refractivity contribution in [2.45, 2.75) is 45.6 Å². The van der Waals surface area contributed by atoms with Crippen molar-refractivity contribution in [3.8, 4) is 22.6 Å². The van der Waals surface area contributed by atoms with Crippen molar-refractivity contribution in [2.75, 3.05) is 6.61 Å². The molecule has 0 radical (unpaired) electrons. The van der Waals surface area contributed by atoms with Gasteiger partial charge in [-0.1, -0.05) is 51.1 Å². The standard InChI is InChI=1S/C29H31NO4/c1-28(2,3)22-9-6-19(7-10-22)20-8-15-25-21(16-20)17-26(27(32)33)30(25)23-11-13-24(14-12-23)34-29(4,5)18-31/h6-17,31H,18H2,1-5H3,(H,32,33). The Morgan fingerprint density at radius 1 is 0.853 bits per heavy atom. The van der Waals surface area contributed by atoms with Crippen molar-refractivity contribution in [3.63, 3.8) is 0 Å². The van der Waals surface area contributed by atoms with Crippen molar-refractivity contribution in [3.05, 3.63) is 84.1 Å². The van der Waals surface area contributed by atoms with Crippen LogP contribution in [-0.4, -0.2) is 33.0 Å². The second-order valence-corrected chi connectivity index (χ2v) is 10.3. The monoisotopic (exact) mass is 457 g/mol. The average molecular weight is 458 g/mol. The van der Waals surface area contributed by atoms with Gasteiger partial charge in [0.2, 0.25) is 0 Å². The highest BCUT2D eigenvalue weighted by atomic mass is 16.5. The molecule has 0 atom stereocenters. The van der Waals surface area contributed by atoms with Crippen LogP contribution in [0, 0.1) is 0 Å². The predicted octanol–water partition coefficient (Wildman–Crippen LogP) is 6.44. The second kappa shape index (κ2) is 8.65. The molecule has 3 aromatic carbocycles. The van der Waals surface area contributed by atoms with E-state index in [4.69, 9.17) is 4.74 Å². The normalized spacial score (nSPS) is 12.2. The van der Waals surface area contributed by atoms with Crippen LogP contribution in [0.15, 0.2) is 72.8 Å². The fraction of sp³-hybridized carbons (Fsp3) is 0.276. The summed E-state index contributed by atoms with van der Waals surface area (Å²) in [6.07, 6.45) is 0. The van der Waals surface area contributed by atoms with Crippen LogP contribution in [0.4, 0.5) is 0 Å². The predicted molar refractivity (Wildman–Crippen MR) is 136 cm³/mol. The fourth-order valence-electron chi connectivity index (χ4n) is 4.01. The number of nitrogens with zero attached hydrogens (tertiary/aromatic N) is 1. The zero-order valence-electron chi connectivity index (χ0n) is 20.3. The number of carboxylic acid groups (broad SMARTS) is 1. The molecule has 1 heterocycles. The molecule has 0 bridgehead atoms. The SMILES string of the molecule is CC(C)(CO)Oc1ccc(-n2c(C(=O)O)cc3cc(-c4ccc(C(C)(C)C)cc4)ccc32)cc1. The second-order valence-electron chi connectivity index (χ2n) is 10.3. The molecule has 0 saturated heterocycles. The number of aromatic carboxylic acids is 1. The van der Waals surface area contributed by atoms with Gasteiger partial charge in [-0.25, -0.2) is 4.79 Å². The first-order valence-electron chi connectivity index (χ1n) is 11.4. The first kappa shape index (κ1) is 23.6. The smallest absolute Gasteiger partial charge is 0.352 e. The van der Waals surface area contributed by atoms with E-state index in [1.165, 1.54) is 5.56 Å². The third-order valence-electron chi connectivity index (χ3n) is 5.97. The highest BCUT2D eigenvalue weighted by Crippen LogP contribution is 2.32. The molecule has 0 aliphatic carbocycles. The van der Waals surface area contributed by atoms with Crippen molar-refractivity contribution < 1.29 is 19.7 Å². The molecule has 5 nitrogen and oxygen atoms in total. The molecule has 2 N–H and O–H groups in total. The van der Waals surface area contributed by atoms with E-state index < -0.39 is 11.6 Å². The number of fused-ring (bicyclic) bond motifs is 1. The molecule has 5 heteroatoms. The molecule has 0 aliphatic heterocycles. The number of aromatic nitrogens is 1. The summed E-state index contributed by atoms with van der Waals surface area (Å²) >= 11 is 0. The van der Waals surface area contributed by atoms with Gasteiger partial charge in [-0.15, -0.1) is 0 Å². The number of aliphatic hydroxyl groups excluding tert-OH is 1. The maximum Gasteiger partial charge on any atom is 0.352 e. The molecule has 4 aromatic rings. The van der Waals surface area contributed by atoms with E-state index in [-0.39, 0.29) is 17.7 Å². The summed E-state index contributed by atoms with van der Waals surface area (Å²) in [4.78, 5) is 12.1. The minimum absolute atomic E-state index is 0.0878. The van der Waals surface area contributed by atoms with Crippen LogP contribution < -0.4 is 4.74 Å². The summed E-state index contributed by atoms with van der Waals surface area (Å²) in [7, 11) is 0. The van der Waals surface area contributed by atoms with Gasteiger partial charge in [-0.2, -0.15) is 0 Å². The number of carbonyl (C=O) groups is 1. The Balaban J connectivity index is 1.73. The van der Waals surface area contributed by atoms with Gasteiger partial charge in [0, 0.05) is 11.1 Å². The Kier molecular flexibility index (Phi) is 6.00. The van der Waals surface area contributed by atoms with Gasteiger partial charge in [0.05, 0.1) is 12.1 Å². The molecular formula is C29H31NO4. The maximum absolute atomic E-state index is 12.1. The number of hydrogen-bond donors (Lipinski definition) is 2. The topological polar surface area (TPSA) is 71.7 Å². The van der Waals surface area contributed by atoms with E-state index in [9.17, 15) is 15.0 Å². The summed E-state index contributed by atoms with van der Waals surface area (Å²) in [5.41, 5.74) is 4.52. The van der Waals surface area contributed by atoms with E-state index >= 15 is 0 Å². The van der Waals surface area contributed by atoms with Gasteiger partial charge in [0.25, 0.3) is 0 Å². The molecule has 0 spiro atoms.